The molecule has 0 bridgehead atoms. The van der Waals surface area contributed by atoms with E-state index in [1.54, 1.807) is 37.3 Å². The number of hydrogen-bond acceptors (Lipinski definition) is 1. The van der Waals surface area contributed by atoms with E-state index in [9.17, 15) is 13.9 Å². The smallest absolute Gasteiger partial charge is 0.123 e. The molecule has 0 aliphatic carbocycles. The van der Waals surface area contributed by atoms with Crippen LogP contribution in [0.2, 0.25) is 0 Å². The average molecular weight is 296 g/mol. The van der Waals surface area contributed by atoms with Crippen LogP contribution >= 0.6 is 0 Å². The number of benzene rings is 3. The van der Waals surface area contributed by atoms with E-state index in [2.05, 4.69) is 0 Å². The minimum absolute atomic E-state index is 0.171. The molecule has 0 aromatic heterocycles. The summed E-state index contributed by atoms with van der Waals surface area (Å²) in [6.07, 6.45) is 0. The molecule has 1 nitrogen and oxygen atoms in total. The van der Waals surface area contributed by atoms with Gasteiger partial charge in [-0.2, -0.15) is 0 Å². The molecule has 0 heterocycles. The lowest BCUT2D eigenvalue weighted by Crippen LogP contribution is -1.89. The lowest BCUT2D eigenvalue weighted by atomic mass is 9.92. The molecule has 0 saturated heterocycles. The van der Waals surface area contributed by atoms with E-state index in [-0.39, 0.29) is 17.4 Å². The second kappa shape index (κ2) is 5.60. The van der Waals surface area contributed by atoms with Crippen molar-refractivity contribution in [2.75, 3.05) is 0 Å². The monoisotopic (exact) mass is 296 g/mol. The summed E-state index contributed by atoms with van der Waals surface area (Å²) in [5.41, 5.74) is 3.99. The Labute approximate surface area is 127 Å². The van der Waals surface area contributed by atoms with Crippen LogP contribution in [0.5, 0.6) is 5.75 Å². The second-order valence-electron chi connectivity index (χ2n) is 5.20. The van der Waals surface area contributed by atoms with Gasteiger partial charge in [0.25, 0.3) is 0 Å². The van der Waals surface area contributed by atoms with Gasteiger partial charge in [0, 0.05) is 0 Å². The number of phenolic OH excluding ortho intramolecular Hbond substituents is 1. The molecule has 0 aliphatic rings. The molecule has 0 unspecified atom stereocenters. The Balaban J connectivity index is 2.22. The molecule has 110 valence electrons. The van der Waals surface area contributed by atoms with E-state index in [1.165, 1.54) is 24.3 Å². The minimum atomic E-state index is -0.316. The summed E-state index contributed by atoms with van der Waals surface area (Å²) in [6, 6.07) is 15.7. The molecule has 1 N–H and O–H groups in total. The molecule has 3 rings (SSSR count). The molecule has 3 heteroatoms. The summed E-state index contributed by atoms with van der Waals surface area (Å²) < 4.78 is 26.3. The Kier molecular flexibility index (Phi) is 3.63. The number of phenols is 1. The predicted octanol–water partition coefficient (Wildman–Crippen LogP) is 5.31. The van der Waals surface area contributed by atoms with Gasteiger partial charge in [0.2, 0.25) is 0 Å². The molecular formula is C19H14F2O. The van der Waals surface area contributed by atoms with Crippen LogP contribution in [-0.4, -0.2) is 5.11 Å². The van der Waals surface area contributed by atoms with Gasteiger partial charge in [0.15, 0.2) is 0 Å². The van der Waals surface area contributed by atoms with Crippen LogP contribution in [0.15, 0.2) is 60.7 Å². The molecule has 0 radical (unpaired) electrons. The highest BCUT2D eigenvalue weighted by molar-refractivity contribution is 5.85. The number of hydrogen-bond donors (Lipinski definition) is 1. The first-order chi connectivity index (χ1) is 10.5. The normalized spacial score (nSPS) is 10.7. The molecule has 0 amide bonds. The lowest BCUT2D eigenvalue weighted by molar-refractivity contribution is 0.471. The summed E-state index contributed by atoms with van der Waals surface area (Å²) in [5, 5.41) is 10.00. The first kappa shape index (κ1) is 14.3. The third kappa shape index (κ3) is 2.70. The lowest BCUT2D eigenvalue weighted by Gasteiger charge is -2.13. The van der Waals surface area contributed by atoms with E-state index in [0.29, 0.717) is 0 Å². The molecule has 3 aromatic rings. The molecule has 0 saturated carbocycles. The van der Waals surface area contributed by atoms with Gasteiger partial charge < -0.3 is 5.11 Å². The van der Waals surface area contributed by atoms with Crippen molar-refractivity contribution >= 4 is 0 Å². The number of aromatic hydroxyl groups is 1. The molecule has 0 spiro atoms. The van der Waals surface area contributed by atoms with Crippen molar-refractivity contribution in [2.24, 2.45) is 0 Å². The van der Waals surface area contributed by atoms with Gasteiger partial charge in [-0.05, 0) is 71.1 Å². The third-order valence-corrected chi connectivity index (χ3v) is 3.65. The van der Waals surface area contributed by atoms with E-state index in [0.717, 1.165) is 27.8 Å². The highest BCUT2D eigenvalue weighted by Crippen LogP contribution is 2.36. The van der Waals surface area contributed by atoms with Gasteiger partial charge in [-0.25, -0.2) is 8.78 Å². The van der Waals surface area contributed by atoms with Gasteiger partial charge in [-0.1, -0.05) is 24.3 Å². The number of aryl methyl sites for hydroxylation is 1. The fourth-order valence-electron chi connectivity index (χ4n) is 2.43. The molecule has 0 aliphatic heterocycles. The summed E-state index contributed by atoms with van der Waals surface area (Å²) in [6.45, 7) is 1.80. The SMILES string of the molecule is Cc1cc(-c2ccc(F)cc2)c(-c2ccc(F)cc2)cc1O. The second-order valence-corrected chi connectivity index (χ2v) is 5.20. The van der Waals surface area contributed by atoms with Crippen LogP contribution in [0.3, 0.4) is 0 Å². The summed E-state index contributed by atoms with van der Waals surface area (Å²) in [5.74, 6) is -0.448. The first-order valence-electron chi connectivity index (χ1n) is 6.90. The molecule has 22 heavy (non-hydrogen) atoms. The van der Waals surface area contributed by atoms with Crippen LogP contribution < -0.4 is 0 Å². The van der Waals surface area contributed by atoms with Gasteiger partial charge >= 0.3 is 0 Å². The fourth-order valence-corrected chi connectivity index (χ4v) is 2.43. The van der Waals surface area contributed by atoms with E-state index >= 15 is 0 Å². The van der Waals surface area contributed by atoms with Crippen LogP contribution in [0.4, 0.5) is 8.78 Å². The van der Waals surface area contributed by atoms with Crippen molar-refractivity contribution in [3.05, 3.63) is 77.9 Å². The topological polar surface area (TPSA) is 20.2 Å². The van der Waals surface area contributed by atoms with E-state index in [4.69, 9.17) is 0 Å². The maximum atomic E-state index is 13.1. The maximum absolute atomic E-state index is 13.1. The van der Waals surface area contributed by atoms with Crippen molar-refractivity contribution in [3.8, 4) is 28.0 Å². The highest BCUT2D eigenvalue weighted by atomic mass is 19.1. The average Bonchev–Trinajstić information content (AvgIpc) is 2.51. The zero-order chi connectivity index (χ0) is 15.7. The first-order valence-corrected chi connectivity index (χ1v) is 6.90. The van der Waals surface area contributed by atoms with Crippen LogP contribution in [0.1, 0.15) is 5.56 Å². The minimum Gasteiger partial charge on any atom is -0.508 e. The Hall–Kier alpha value is -2.68. The molecule has 0 atom stereocenters. The van der Waals surface area contributed by atoms with E-state index in [1.807, 2.05) is 6.07 Å². The Morgan fingerprint density at radius 3 is 1.55 bits per heavy atom. The largest absolute Gasteiger partial charge is 0.508 e. The Morgan fingerprint density at radius 2 is 1.09 bits per heavy atom. The van der Waals surface area contributed by atoms with Crippen LogP contribution in [0.25, 0.3) is 22.3 Å². The standard InChI is InChI=1S/C19H14F2O/c1-12-10-17(13-2-6-15(20)7-3-13)18(11-19(12)22)14-4-8-16(21)9-5-14/h2-11,22H,1H3. The summed E-state index contributed by atoms with van der Waals surface area (Å²) >= 11 is 0. The zero-order valence-electron chi connectivity index (χ0n) is 12.0. The summed E-state index contributed by atoms with van der Waals surface area (Å²) in [7, 11) is 0. The molecule has 3 aromatic carbocycles. The fraction of sp³-hybridized carbons (Fsp3) is 0.0526. The van der Waals surface area contributed by atoms with Crippen molar-refractivity contribution in [3.63, 3.8) is 0 Å². The quantitative estimate of drug-likeness (QED) is 0.679. The zero-order valence-corrected chi connectivity index (χ0v) is 12.0. The Bertz CT molecular complexity index is 736. The van der Waals surface area contributed by atoms with Gasteiger partial charge in [0.1, 0.15) is 17.4 Å². The maximum Gasteiger partial charge on any atom is 0.123 e. The van der Waals surface area contributed by atoms with Crippen molar-refractivity contribution in [2.45, 2.75) is 6.92 Å². The highest BCUT2D eigenvalue weighted by Gasteiger charge is 2.11. The third-order valence-electron chi connectivity index (χ3n) is 3.65. The molecule has 0 fully saturated rings. The van der Waals surface area contributed by atoms with Crippen LogP contribution in [0, 0.1) is 18.6 Å². The van der Waals surface area contributed by atoms with Gasteiger partial charge in [-0.15, -0.1) is 0 Å². The number of rotatable bonds is 2. The van der Waals surface area contributed by atoms with Crippen molar-refractivity contribution in [1.29, 1.82) is 0 Å². The molecular weight excluding hydrogens is 282 g/mol. The van der Waals surface area contributed by atoms with Crippen LogP contribution in [-0.2, 0) is 0 Å². The predicted molar refractivity (Wildman–Crippen MR) is 83.6 cm³/mol. The van der Waals surface area contributed by atoms with Gasteiger partial charge in [0.05, 0.1) is 0 Å². The van der Waals surface area contributed by atoms with E-state index < -0.39 is 0 Å². The number of halogens is 2. The van der Waals surface area contributed by atoms with Gasteiger partial charge in [-0.3, -0.25) is 0 Å². The van der Waals surface area contributed by atoms with Crippen molar-refractivity contribution < 1.29 is 13.9 Å². The van der Waals surface area contributed by atoms with Crippen molar-refractivity contribution in [1.82, 2.24) is 0 Å². The summed E-state index contributed by atoms with van der Waals surface area (Å²) in [4.78, 5) is 0. The Morgan fingerprint density at radius 1 is 0.682 bits per heavy atom.